The van der Waals surface area contributed by atoms with Gasteiger partial charge in [-0.2, -0.15) is 18.4 Å². The molecule has 0 N–H and O–H groups in total. The van der Waals surface area contributed by atoms with Crippen LogP contribution in [-0.2, 0) is 0 Å². The predicted molar refractivity (Wildman–Crippen MR) is 90.5 cm³/mol. The molecule has 8 heteroatoms. The largest absolute Gasteiger partial charge is 0.401 e. The first-order valence-corrected chi connectivity index (χ1v) is 8.24. The number of aryl methyl sites for hydroxylation is 1. The Morgan fingerprint density at radius 3 is 2.65 bits per heavy atom. The van der Waals surface area contributed by atoms with E-state index in [2.05, 4.69) is 11.1 Å². The molecular weight excluding hydrogens is 348 g/mol. The zero-order chi connectivity index (χ0) is 19.1. The van der Waals surface area contributed by atoms with Gasteiger partial charge in [0, 0.05) is 37.3 Å². The van der Waals surface area contributed by atoms with E-state index in [1.54, 1.807) is 13.8 Å². The maximum absolute atomic E-state index is 13.9. The van der Waals surface area contributed by atoms with Crippen molar-refractivity contribution in [1.82, 2.24) is 9.88 Å². The van der Waals surface area contributed by atoms with Gasteiger partial charge in [-0.05, 0) is 31.5 Å². The molecule has 1 aromatic heterocycles. The van der Waals surface area contributed by atoms with E-state index in [0.717, 1.165) is 0 Å². The summed E-state index contributed by atoms with van der Waals surface area (Å²) in [7, 11) is 0. The third-order valence-corrected chi connectivity index (χ3v) is 4.68. The molecule has 1 saturated heterocycles. The Bertz CT molecular complexity index is 872. The molecule has 0 bridgehead atoms. The summed E-state index contributed by atoms with van der Waals surface area (Å²) in [6, 6.07) is 4.42. The number of fused-ring (bicyclic) bond motifs is 1. The number of rotatable bonds is 2. The third-order valence-electron chi connectivity index (χ3n) is 4.68. The summed E-state index contributed by atoms with van der Waals surface area (Å²) in [6.45, 7) is 3.35. The fourth-order valence-electron chi connectivity index (χ4n) is 3.51. The van der Waals surface area contributed by atoms with Crippen LogP contribution in [0.25, 0.3) is 10.9 Å². The number of benzene rings is 1. The van der Waals surface area contributed by atoms with Crippen molar-refractivity contribution in [3.05, 3.63) is 35.3 Å². The molecule has 4 nitrogen and oxygen atoms in total. The first-order valence-electron chi connectivity index (χ1n) is 8.24. The van der Waals surface area contributed by atoms with E-state index in [1.807, 2.05) is 4.90 Å². The molecule has 1 aromatic carbocycles. The van der Waals surface area contributed by atoms with E-state index in [0.29, 0.717) is 40.8 Å². The lowest BCUT2D eigenvalue weighted by Gasteiger charge is -2.41. The van der Waals surface area contributed by atoms with Crippen LogP contribution < -0.4 is 4.90 Å². The smallest absolute Gasteiger partial charge is 0.367 e. The minimum absolute atomic E-state index is 0.212. The number of hydrogen-bond acceptors (Lipinski definition) is 4. The molecular formula is C18H18F4N4. The number of alkyl halides is 3. The van der Waals surface area contributed by atoms with Gasteiger partial charge in [-0.25, -0.2) is 4.39 Å². The molecule has 0 amide bonds. The van der Waals surface area contributed by atoms with Crippen molar-refractivity contribution in [2.75, 3.05) is 31.1 Å². The normalized spacial score (nSPS) is 19.0. The lowest BCUT2D eigenvalue weighted by atomic mass is 10.0. The number of piperazine rings is 1. The molecule has 2 aromatic rings. The zero-order valence-electron chi connectivity index (χ0n) is 14.4. The highest BCUT2D eigenvalue weighted by Crippen LogP contribution is 2.33. The summed E-state index contributed by atoms with van der Waals surface area (Å²) in [5.74, 6) is -0.433. The van der Waals surface area contributed by atoms with E-state index in [4.69, 9.17) is 0 Å². The van der Waals surface area contributed by atoms with Crippen LogP contribution in [-0.4, -0.2) is 48.3 Å². The minimum atomic E-state index is -4.25. The topological polar surface area (TPSA) is 43.2 Å². The van der Waals surface area contributed by atoms with Gasteiger partial charge >= 0.3 is 6.18 Å². The van der Waals surface area contributed by atoms with Crippen LogP contribution >= 0.6 is 0 Å². The van der Waals surface area contributed by atoms with Gasteiger partial charge in [-0.15, -0.1) is 0 Å². The van der Waals surface area contributed by atoms with Crippen molar-refractivity contribution in [3.63, 3.8) is 0 Å². The second-order valence-corrected chi connectivity index (χ2v) is 6.63. The average Bonchev–Trinajstić information content (AvgIpc) is 2.54. The van der Waals surface area contributed by atoms with E-state index in [1.165, 1.54) is 23.2 Å². The van der Waals surface area contributed by atoms with Gasteiger partial charge in [-0.3, -0.25) is 9.88 Å². The number of hydrogen-bond donors (Lipinski definition) is 0. The van der Waals surface area contributed by atoms with Crippen molar-refractivity contribution >= 4 is 16.6 Å². The van der Waals surface area contributed by atoms with Crippen molar-refractivity contribution in [1.29, 1.82) is 5.26 Å². The van der Waals surface area contributed by atoms with Gasteiger partial charge in [0.1, 0.15) is 11.9 Å². The van der Waals surface area contributed by atoms with Gasteiger partial charge in [0.25, 0.3) is 0 Å². The highest BCUT2D eigenvalue weighted by atomic mass is 19.4. The van der Waals surface area contributed by atoms with E-state index >= 15 is 0 Å². The summed E-state index contributed by atoms with van der Waals surface area (Å²) >= 11 is 0. The molecule has 2 heterocycles. The maximum Gasteiger partial charge on any atom is 0.401 e. The van der Waals surface area contributed by atoms with Crippen molar-refractivity contribution in [3.8, 4) is 6.07 Å². The van der Waals surface area contributed by atoms with Crippen LogP contribution in [0.2, 0.25) is 0 Å². The first-order chi connectivity index (χ1) is 12.2. The molecule has 26 heavy (non-hydrogen) atoms. The Labute approximate surface area is 148 Å². The van der Waals surface area contributed by atoms with Crippen molar-refractivity contribution < 1.29 is 17.6 Å². The van der Waals surface area contributed by atoms with Gasteiger partial charge < -0.3 is 4.90 Å². The molecule has 0 saturated carbocycles. The number of nitriles is 1. The van der Waals surface area contributed by atoms with E-state index in [9.17, 15) is 22.8 Å². The van der Waals surface area contributed by atoms with Crippen molar-refractivity contribution in [2.45, 2.75) is 26.1 Å². The monoisotopic (exact) mass is 366 g/mol. The number of aromatic nitrogens is 1. The van der Waals surface area contributed by atoms with E-state index < -0.39 is 18.5 Å². The summed E-state index contributed by atoms with van der Waals surface area (Å²) in [5.41, 5.74) is 2.07. The Morgan fingerprint density at radius 1 is 1.31 bits per heavy atom. The number of anilines is 1. The highest BCUT2D eigenvalue weighted by Gasteiger charge is 2.35. The molecule has 0 aliphatic carbocycles. The van der Waals surface area contributed by atoms with Crippen LogP contribution in [0.5, 0.6) is 0 Å². The number of nitrogens with zero attached hydrogens (tertiary/aromatic N) is 4. The SMILES string of the molecule is Cc1cc(F)cc2c(N3CCN(CC(F)(F)F)C(C)C3)c(C#N)cnc12. The third kappa shape index (κ3) is 3.58. The van der Waals surface area contributed by atoms with Gasteiger partial charge in [-0.1, -0.05) is 0 Å². The Kier molecular flexibility index (Phi) is 4.76. The first kappa shape index (κ1) is 18.4. The summed E-state index contributed by atoms with van der Waals surface area (Å²) in [6.07, 6.45) is -2.81. The summed E-state index contributed by atoms with van der Waals surface area (Å²) < 4.78 is 52.0. The Balaban J connectivity index is 2.00. The number of halogens is 4. The Hall–Kier alpha value is -2.40. The Morgan fingerprint density at radius 2 is 2.04 bits per heavy atom. The van der Waals surface area contributed by atoms with Crippen molar-refractivity contribution in [2.24, 2.45) is 0 Å². The maximum atomic E-state index is 13.9. The molecule has 0 spiro atoms. The van der Waals surface area contributed by atoms with Crippen LogP contribution in [0.1, 0.15) is 18.1 Å². The number of pyridine rings is 1. The van der Waals surface area contributed by atoms with E-state index in [-0.39, 0.29) is 12.6 Å². The highest BCUT2D eigenvalue weighted by molar-refractivity contribution is 5.96. The molecule has 1 aliphatic heterocycles. The molecule has 1 aliphatic rings. The van der Waals surface area contributed by atoms with Crippen LogP contribution in [0.4, 0.5) is 23.2 Å². The lowest BCUT2D eigenvalue weighted by molar-refractivity contribution is -0.150. The lowest BCUT2D eigenvalue weighted by Crippen LogP contribution is -2.54. The molecule has 1 atom stereocenters. The van der Waals surface area contributed by atoms with Gasteiger partial charge in [0.15, 0.2) is 0 Å². The minimum Gasteiger partial charge on any atom is -0.367 e. The fraction of sp³-hybridized carbons (Fsp3) is 0.444. The molecule has 138 valence electrons. The second-order valence-electron chi connectivity index (χ2n) is 6.63. The second kappa shape index (κ2) is 6.72. The molecule has 1 fully saturated rings. The fourth-order valence-corrected chi connectivity index (χ4v) is 3.51. The van der Waals surface area contributed by atoms with Crippen LogP contribution in [0.3, 0.4) is 0 Å². The quantitative estimate of drug-likeness (QED) is 0.762. The average molecular weight is 366 g/mol. The van der Waals surface area contributed by atoms with Crippen LogP contribution in [0.15, 0.2) is 18.3 Å². The standard InChI is InChI=1S/C18H18F4N4/c1-11-5-14(19)6-15-16(11)24-8-13(7-23)17(15)25-3-4-26(12(2)9-25)10-18(20,21)22/h5-6,8,12H,3-4,9-10H2,1-2H3. The summed E-state index contributed by atoms with van der Waals surface area (Å²) in [4.78, 5) is 7.49. The molecule has 1 unspecified atom stereocenters. The molecule has 0 radical (unpaired) electrons. The predicted octanol–water partition coefficient (Wildman–Crippen LogP) is 3.63. The summed E-state index contributed by atoms with van der Waals surface area (Å²) in [5, 5.41) is 9.96. The van der Waals surface area contributed by atoms with Gasteiger partial charge in [0.05, 0.1) is 23.3 Å². The molecule has 3 rings (SSSR count). The van der Waals surface area contributed by atoms with Crippen LogP contribution in [0, 0.1) is 24.1 Å². The zero-order valence-corrected chi connectivity index (χ0v) is 14.4. The van der Waals surface area contributed by atoms with Gasteiger partial charge in [0.2, 0.25) is 0 Å².